The number of rotatable bonds is 6. The molecule has 0 saturated heterocycles. The van der Waals surface area contributed by atoms with Gasteiger partial charge in [0, 0.05) is 6.04 Å². The van der Waals surface area contributed by atoms with E-state index in [0.717, 1.165) is 12.5 Å². The van der Waals surface area contributed by atoms with Crippen LogP contribution in [0.1, 0.15) is 44.6 Å². The fourth-order valence-electron chi connectivity index (χ4n) is 3.16. The van der Waals surface area contributed by atoms with Crippen molar-refractivity contribution < 1.29 is 28.2 Å². The predicted octanol–water partition coefficient (Wildman–Crippen LogP) is 3.33. The number of para-hydroxylation sites is 1. The van der Waals surface area contributed by atoms with Crippen molar-refractivity contribution in [2.75, 3.05) is 6.61 Å². The standard InChI is InChI=1S/C18H23F2NO4/c1-2-25-15-11-7-6-9-13(15)18(19,20)17(24)21-14-10-5-3-4-8-12(14)16(22)23/h6-7,9,11-12,14H,2-5,8,10H2,1H3,(H,21,24)(H,22,23)/t12-,14+/m1/s1. The van der Waals surface area contributed by atoms with E-state index >= 15 is 0 Å². The lowest BCUT2D eigenvalue weighted by Gasteiger charge is -2.26. The molecule has 0 unspecified atom stereocenters. The maximum atomic E-state index is 14.7. The number of benzene rings is 1. The van der Waals surface area contributed by atoms with Crippen LogP contribution in [0.15, 0.2) is 24.3 Å². The van der Waals surface area contributed by atoms with Gasteiger partial charge in [-0.05, 0) is 31.9 Å². The largest absolute Gasteiger partial charge is 0.493 e. The van der Waals surface area contributed by atoms with E-state index in [2.05, 4.69) is 5.32 Å². The number of carboxylic acid groups (broad SMARTS) is 1. The quantitative estimate of drug-likeness (QED) is 0.768. The van der Waals surface area contributed by atoms with Gasteiger partial charge >= 0.3 is 11.9 Å². The maximum absolute atomic E-state index is 14.7. The van der Waals surface area contributed by atoms with Crippen LogP contribution in [0.25, 0.3) is 0 Å². The van der Waals surface area contributed by atoms with Gasteiger partial charge in [0.25, 0.3) is 5.91 Å². The Kier molecular flexibility index (Phi) is 6.33. The smallest absolute Gasteiger partial charge is 0.353 e. The molecule has 1 amide bonds. The van der Waals surface area contributed by atoms with Crippen LogP contribution in [0.4, 0.5) is 8.78 Å². The summed E-state index contributed by atoms with van der Waals surface area (Å²) in [6.07, 6.45) is 3.01. The second-order valence-corrected chi connectivity index (χ2v) is 6.17. The molecule has 0 bridgehead atoms. The lowest BCUT2D eigenvalue weighted by atomic mass is 9.94. The fourth-order valence-corrected chi connectivity index (χ4v) is 3.16. The fraction of sp³-hybridized carbons (Fsp3) is 0.556. The van der Waals surface area contributed by atoms with Gasteiger partial charge < -0.3 is 15.2 Å². The molecule has 2 N–H and O–H groups in total. The molecule has 1 saturated carbocycles. The first-order valence-electron chi connectivity index (χ1n) is 8.51. The molecule has 1 aromatic carbocycles. The Morgan fingerprint density at radius 2 is 1.92 bits per heavy atom. The molecule has 0 aliphatic heterocycles. The summed E-state index contributed by atoms with van der Waals surface area (Å²) in [4.78, 5) is 23.7. The van der Waals surface area contributed by atoms with Crippen molar-refractivity contribution in [2.45, 2.75) is 51.0 Å². The van der Waals surface area contributed by atoms with Gasteiger partial charge in [0.05, 0.1) is 18.1 Å². The molecule has 1 aliphatic rings. The SMILES string of the molecule is CCOc1ccccc1C(F)(F)C(=O)N[C@H]1CCCCC[C@H]1C(=O)O. The zero-order valence-electron chi connectivity index (χ0n) is 14.1. The number of carbonyl (C=O) groups excluding carboxylic acids is 1. The molecule has 0 heterocycles. The van der Waals surface area contributed by atoms with Gasteiger partial charge in [-0.1, -0.05) is 31.4 Å². The van der Waals surface area contributed by atoms with Crippen LogP contribution >= 0.6 is 0 Å². The van der Waals surface area contributed by atoms with Crippen LogP contribution in [0.3, 0.4) is 0 Å². The van der Waals surface area contributed by atoms with Crippen molar-refractivity contribution in [3.63, 3.8) is 0 Å². The molecule has 1 aliphatic carbocycles. The van der Waals surface area contributed by atoms with Gasteiger partial charge in [-0.3, -0.25) is 9.59 Å². The number of hydrogen-bond acceptors (Lipinski definition) is 3. The summed E-state index contributed by atoms with van der Waals surface area (Å²) in [6, 6.07) is 4.69. The van der Waals surface area contributed by atoms with Crippen molar-refractivity contribution in [1.82, 2.24) is 5.32 Å². The van der Waals surface area contributed by atoms with Gasteiger partial charge in [0.2, 0.25) is 0 Å². The second kappa shape index (κ2) is 8.27. The van der Waals surface area contributed by atoms with E-state index in [4.69, 9.17) is 4.74 Å². The van der Waals surface area contributed by atoms with Gasteiger partial charge in [0.1, 0.15) is 5.75 Å². The topological polar surface area (TPSA) is 75.6 Å². The number of halogens is 2. The highest BCUT2D eigenvalue weighted by molar-refractivity contribution is 5.86. The zero-order chi connectivity index (χ0) is 18.4. The lowest BCUT2D eigenvalue weighted by molar-refractivity contribution is -0.150. The van der Waals surface area contributed by atoms with Crippen molar-refractivity contribution in [1.29, 1.82) is 0 Å². The highest BCUT2D eigenvalue weighted by Crippen LogP contribution is 2.36. The summed E-state index contributed by atoms with van der Waals surface area (Å²) in [7, 11) is 0. The molecule has 0 radical (unpaired) electrons. The Bertz CT molecular complexity index is 621. The summed E-state index contributed by atoms with van der Waals surface area (Å²) < 4.78 is 34.5. The van der Waals surface area contributed by atoms with Crippen LogP contribution < -0.4 is 10.1 Å². The maximum Gasteiger partial charge on any atom is 0.353 e. The molecule has 2 atom stereocenters. The molecule has 7 heteroatoms. The van der Waals surface area contributed by atoms with Crippen molar-refractivity contribution in [2.24, 2.45) is 5.92 Å². The predicted molar refractivity (Wildman–Crippen MR) is 87.6 cm³/mol. The molecular weight excluding hydrogens is 332 g/mol. The number of alkyl halides is 2. The molecule has 25 heavy (non-hydrogen) atoms. The molecule has 1 aromatic rings. The Balaban J connectivity index is 2.21. The average Bonchev–Trinajstić information content (AvgIpc) is 2.81. The summed E-state index contributed by atoms with van der Waals surface area (Å²) in [5, 5.41) is 11.6. The third-order valence-corrected chi connectivity index (χ3v) is 4.46. The van der Waals surface area contributed by atoms with Crippen molar-refractivity contribution in [3.8, 4) is 5.75 Å². The highest BCUT2D eigenvalue weighted by Gasteiger charge is 2.45. The summed E-state index contributed by atoms with van der Waals surface area (Å²) in [5.74, 6) is -7.26. The Labute approximate surface area is 145 Å². The Morgan fingerprint density at radius 1 is 1.24 bits per heavy atom. The number of carboxylic acids is 1. The number of aliphatic carboxylic acids is 1. The minimum atomic E-state index is -3.80. The Hall–Kier alpha value is -2.18. The summed E-state index contributed by atoms with van der Waals surface area (Å²) >= 11 is 0. The van der Waals surface area contributed by atoms with Crippen LogP contribution in [0.2, 0.25) is 0 Å². The highest BCUT2D eigenvalue weighted by atomic mass is 19.3. The molecule has 5 nitrogen and oxygen atoms in total. The molecule has 1 fully saturated rings. The third-order valence-electron chi connectivity index (χ3n) is 4.46. The minimum Gasteiger partial charge on any atom is -0.493 e. The van der Waals surface area contributed by atoms with Gasteiger partial charge in [0.15, 0.2) is 0 Å². The van der Waals surface area contributed by atoms with Crippen molar-refractivity contribution >= 4 is 11.9 Å². The molecule has 138 valence electrons. The average molecular weight is 355 g/mol. The molecule has 0 aromatic heterocycles. The summed E-state index contributed by atoms with van der Waals surface area (Å²) in [5.41, 5.74) is -0.519. The lowest BCUT2D eigenvalue weighted by Crippen LogP contribution is -2.48. The van der Waals surface area contributed by atoms with E-state index in [1.54, 1.807) is 13.0 Å². The molecular formula is C18H23F2NO4. The van der Waals surface area contributed by atoms with Crippen LogP contribution in [0.5, 0.6) is 5.75 Å². The van der Waals surface area contributed by atoms with Crippen molar-refractivity contribution in [3.05, 3.63) is 29.8 Å². The Morgan fingerprint density at radius 3 is 2.60 bits per heavy atom. The van der Waals surface area contributed by atoms with Crippen LogP contribution in [0, 0.1) is 5.92 Å². The van der Waals surface area contributed by atoms with Crippen LogP contribution in [-0.4, -0.2) is 29.6 Å². The summed E-state index contributed by atoms with van der Waals surface area (Å²) in [6.45, 7) is 1.86. The minimum absolute atomic E-state index is 0.0548. The van der Waals surface area contributed by atoms with Crippen LogP contribution in [-0.2, 0) is 15.5 Å². The number of carbonyl (C=O) groups is 2. The van der Waals surface area contributed by atoms with E-state index in [0.29, 0.717) is 25.7 Å². The zero-order valence-corrected chi connectivity index (χ0v) is 14.1. The first-order valence-corrected chi connectivity index (χ1v) is 8.51. The second-order valence-electron chi connectivity index (χ2n) is 6.17. The van der Waals surface area contributed by atoms with Gasteiger partial charge in [-0.15, -0.1) is 0 Å². The monoisotopic (exact) mass is 355 g/mol. The van der Waals surface area contributed by atoms with E-state index in [1.165, 1.54) is 12.1 Å². The van der Waals surface area contributed by atoms with Gasteiger partial charge in [-0.25, -0.2) is 0 Å². The third kappa shape index (κ3) is 4.46. The number of nitrogens with one attached hydrogen (secondary N) is 1. The van der Waals surface area contributed by atoms with Gasteiger partial charge in [-0.2, -0.15) is 8.78 Å². The van der Waals surface area contributed by atoms with E-state index in [1.807, 2.05) is 0 Å². The number of amides is 1. The normalized spacial score (nSPS) is 21.2. The molecule has 0 spiro atoms. The first kappa shape index (κ1) is 19.1. The first-order chi connectivity index (χ1) is 11.9. The number of ether oxygens (including phenoxy) is 1. The molecule has 2 rings (SSSR count). The van der Waals surface area contributed by atoms with E-state index < -0.39 is 35.3 Å². The van der Waals surface area contributed by atoms with E-state index in [9.17, 15) is 23.5 Å². The van der Waals surface area contributed by atoms with E-state index in [-0.39, 0.29) is 12.4 Å². The number of hydrogen-bond donors (Lipinski definition) is 2.